The van der Waals surface area contributed by atoms with Gasteiger partial charge in [-0.05, 0) is 30.5 Å². The van der Waals surface area contributed by atoms with Crippen LogP contribution in [0.4, 0.5) is 4.39 Å². The fraction of sp³-hybridized carbons (Fsp3) is 0.471. The Balaban J connectivity index is 2.03. The van der Waals surface area contributed by atoms with Crippen LogP contribution in [0.1, 0.15) is 35.4 Å². The minimum atomic E-state index is -0.617. The van der Waals surface area contributed by atoms with Crippen LogP contribution < -0.4 is 0 Å². The van der Waals surface area contributed by atoms with E-state index in [0.717, 1.165) is 23.7 Å². The molecular formula is C17H23FN2OS. The highest BCUT2D eigenvalue weighted by Crippen LogP contribution is 2.19. The largest absolute Gasteiger partial charge is 0.387 e. The topological polar surface area (TPSA) is 36.4 Å². The number of halogens is 1. The summed E-state index contributed by atoms with van der Waals surface area (Å²) in [7, 11) is 0. The van der Waals surface area contributed by atoms with E-state index in [-0.39, 0.29) is 5.82 Å². The minimum Gasteiger partial charge on any atom is -0.387 e. The van der Waals surface area contributed by atoms with E-state index < -0.39 is 6.10 Å². The number of thiazole rings is 1. The van der Waals surface area contributed by atoms with Gasteiger partial charge in [-0.15, -0.1) is 11.3 Å². The third-order valence-corrected chi connectivity index (χ3v) is 4.26. The minimum absolute atomic E-state index is 0.282. The van der Waals surface area contributed by atoms with E-state index in [2.05, 4.69) is 23.7 Å². The molecule has 1 atom stereocenters. The van der Waals surface area contributed by atoms with Crippen molar-refractivity contribution in [1.82, 2.24) is 9.88 Å². The Morgan fingerprint density at radius 3 is 2.45 bits per heavy atom. The summed E-state index contributed by atoms with van der Waals surface area (Å²) in [4.78, 5) is 7.71. The van der Waals surface area contributed by atoms with Gasteiger partial charge in [-0.3, -0.25) is 4.90 Å². The fourth-order valence-electron chi connectivity index (χ4n) is 2.45. The van der Waals surface area contributed by atoms with Gasteiger partial charge in [-0.25, -0.2) is 9.37 Å². The first-order chi connectivity index (χ1) is 10.4. The van der Waals surface area contributed by atoms with Gasteiger partial charge in [0.05, 0.1) is 11.1 Å². The van der Waals surface area contributed by atoms with Crippen LogP contribution in [0.5, 0.6) is 0 Å². The van der Waals surface area contributed by atoms with Crippen LogP contribution >= 0.6 is 11.3 Å². The summed E-state index contributed by atoms with van der Waals surface area (Å²) in [5.41, 5.74) is 0.746. The van der Waals surface area contributed by atoms with Crippen LogP contribution in [0, 0.1) is 18.7 Å². The SMILES string of the molecule is Cc1ncc(CN(CC(C)C)CC(O)c2ccc(F)cc2)s1. The Bertz CT molecular complexity index is 583. The molecule has 1 N–H and O–H groups in total. The van der Waals surface area contributed by atoms with Gasteiger partial charge in [0.1, 0.15) is 5.82 Å². The zero-order chi connectivity index (χ0) is 16.1. The van der Waals surface area contributed by atoms with Crippen molar-refractivity contribution in [3.05, 3.63) is 51.7 Å². The zero-order valence-electron chi connectivity index (χ0n) is 13.3. The van der Waals surface area contributed by atoms with Crippen molar-refractivity contribution in [1.29, 1.82) is 0 Å². The number of aliphatic hydroxyl groups excluding tert-OH is 1. The van der Waals surface area contributed by atoms with Crippen LogP contribution in [0.15, 0.2) is 30.5 Å². The third kappa shape index (κ3) is 5.16. The van der Waals surface area contributed by atoms with Crippen LogP contribution in [0.2, 0.25) is 0 Å². The van der Waals surface area contributed by atoms with Crippen LogP contribution in [-0.2, 0) is 6.54 Å². The highest BCUT2D eigenvalue weighted by Gasteiger charge is 2.16. The summed E-state index contributed by atoms with van der Waals surface area (Å²) in [5.74, 6) is 0.226. The molecule has 0 aliphatic heterocycles. The number of hydrogen-bond donors (Lipinski definition) is 1. The lowest BCUT2D eigenvalue weighted by Crippen LogP contribution is -2.31. The maximum Gasteiger partial charge on any atom is 0.123 e. The van der Waals surface area contributed by atoms with Crippen LogP contribution in [0.3, 0.4) is 0 Å². The molecule has 0 radical (unpaired) electrons. The van der Waals surface area contributed by atoms with E-state index in [1.54, 1.807) is 23.5 Å². The molecule has 2 rings (SSSR count). The standard InChI is InChI=1S/C17H23FN2OS/c1-12(2)9-20(10-16-8-19-13(3)22-16)11-17(21)14-4-6-15(18)7-5-14/h4-8,12,17,21H,9-11H2,1-3H3. The van der Waals surface area contributed by atoms with E-state index in [0.29, 0.717) is 12.5 Å². The molecule has 0 aliphatic carbocycles. The van der Waals surface area contributed by atoms with Gasteiger partial charge in [0.15, 0.2) is 0 Å². The average Bonchev–Trinajstić information content (AvgIpc) is 2.84. The molecule has 1 unspecified atom stereocenters. The summed E-state index contributed by atoms with van der Waals surface area (Å²) in [6.07, 6.45) is 1.28. The number of aliphatic hydroxyl groups is 1. The molecule has 0 bridgehead atoms. The first-order valence-corrected chi connectivity index (χ1v) is 8.33. The molecule has 1 heterocycles. The van der Waals surface area contributed by atoms with Gasteiger partial charge in [0.2, 0.25) is 0 Å². The normalized spacial score (nSPS) is 13.0. The molecule has 0 saturated heterocycles. The summed E-state index contributed by atoms with van der Waals surface area (Å²) in [5, 5.41) is 11.5. The summed E-state index contributed by atoms with van der Waals surface area (Å²) < 4.78 is 13.0. The fourth-order valence-corrected chi connectivity index (χ4v) is 3.29. The lowest BCUT2D eigenvalue weighted by atomic mass is 10.1. The number of benzene rings is 1. The predicted octanol–water partition coefficient (Wildman–Crippen LogP) is 3.78. The maximum absolute atomic E-state index is 13.0. The maximum atomic E-state index is 13.0. The van der Waals surface area contributed by atoms with Crippen molar-refractivity contribution in [3.63, 3.8) is 0 Å². The van der Waals surface area contributed by atoms with Crippen molar-refractivity contribution in [3.8, 4) is 0 Å². The van der Waals surface area contributed by atoms with Crippen LogP contribution in [-0.4, -0.2) is 28.1 Å². The molecule has 0 fully saturated rings. The first-order valence-electron chi connectivity index (χ1n) is 7.51. The summed E-state index contributed by atoms with van der Waals surface area (Å²) in [6, 6.07) is 6.06. The molecule has 120 valence electrons. The average molecular weight is 322 g/mol. The highest BCUT2D eigenvalue weighted by atomic mass is 32.1. The number of aryl methyl sites for hydroxylation is 1. The molecule has 22 heavy (non-hydrogen) atoms. The summed E-state index contributed by atoms with van der Waals surface area (Å²) >= 11 is 1.68. The zero-order valence-corrected chi connectivity index (χ0v) is 14.1. The molecule has 0 saturated carbocycles. The molecule has 2 aromatic rings. The molecule has 3 nitrogen and oxygen atoms in total. The van der Waals surface area contributed by atoms with E-state index in [1.807, 2.05) is 13.1 Å². The smallest absolute Gasteiger partial charge is 0.123 e. The Morgan fingerprint density at radius 2 is 1.91 bits per heavy atom. The Labute approximate surface area is 135 Å². The lowest BCUT2D eigenvalue weighted by Gasteiger charge is -2.26. The number of aromatic nitrogens is 1. The van der Waals surface area contributed by atoms with Crippen molar-refractivity contribution in [2.45, 2.75) is 33.4 Å². The van der Waals surface area contributed by atoms with E-state index in [1.165, 1.54) is 17.0 Å². The van der Waals surface area contributed by atoms with Gasteiger partial charge in [-0.1, -0.05) is 26.0 Å². The van der Waals surface area contributed by atoms with E-state index >= 15 is 0 Å². The van der Waals surface area contributed by atoms with Gasteiger partial charge in [-0.2, -0.15) is 0 Å². The van der Waals surface area contributed by atoms with Gasteiger partial charge >= 0.3 is 0 Å². The highest BCUT2D eigenvalue weighted by molar-refractivity contribution is 7.11. The first kappa shape index (κ1) is 17.1. The molecule has 0 amide bonds. The monoisotopic (exact) mass is 322 g/mol. The molecular weight excluding hydrogens is 299 g/mol. The number of hydrogen-bond acceptors (Lipinski definition) is 4. The van der Waals surface area contributed by atoms with E-state index in [9.17, 15) is 9.50 Å². The van der Waals surface area contributed by atoms with Crippen molar-refractivity contribution < 1.29 is 9.50 Å². The van der Waals surface area contributed by atoms with Gasteiger partial charge in [0, 0.05) is 30.7 Å². The van der Waals surface area contributed by atoms with Crippen molar-refractivity contribution in [2.75, 3.05) is 13.1 Å². The van der Waals surface area contributed by atoms with Gasteiger partial charge in [0.25, 0.3) is 0 Å². The van der Waals surface area contributed by atoms with Crippen molar-refractivity contribution >= 4 is 11.3 Å². The molecule has 5 heteroatoms. The summed E-state index contributed by atoms with van der Waals surface area (Å²) in [6.45, 7) is 8.52. The van der Waals surface area contributed by atoms with E-state index in [4.69, 9.17) is 0 Å². The number of rotatable bonds is 7. The van der Waals surface area contributed by atoms with Gasteiger partial charge < -0.3 is 5.11 Å². The Hall–Kier alpha value is -1.30. The molecule has 0 spiro atoms. The Morgan fingerprint density at radius 1 is 1.23 bits per heavy atom. The molecule has 1 aromatic carbocycles. The second kappa shape index (κ2) is 7.81. The second-order valence-corrected chi connectivity index (χ2v) is 7.32. The third-order valence-electron chi connectivity index (χ3n) is 3.36. The Kier molecular flexibility index (Phi) is 6.06. The van der Waals surface area contributed by atoms with Crippen molar-refractivity contribution in [2.24, 2.45) is 5.92 Å². The lowest BCUT2D eigenvalue weighted by molar-refractivity contribution is 0.102. The molecule has 1 aromatic heterocycles. The van der Waals surface area contributed by atoms with Crippen LogP contribution in [0.25, 0.3) is 0 Å². The second-order valence-electron chi connectivity index (χ2n) is 6.00. The number of nitrogens with zero attached hydrogens (tertiary/aromatic N) is 2. The quantitative estimate of drug-likeness (QED) is 0.843. The molecule has 0 aliphatic rings. The predicted molar refractivity (Wildman–Crippen MR) is 88.3 cm³/mol.